The van der Waals surface area contributed by atoms with E-state index in [1.807, 2.05) is 23.1 Å². The lowest BCUT2D eigenvalue weighted by Crippen LogP contribution is -2.27. The molecule has 3 heteroatoms. The molecule has 2 atom stereocenters. The molecule has 0 radical (unpaired) electrons. The minimum Gasteiger partial charge on any atom is -0.310 e. The Labute approximate surface area is 107 Å². The first-order valence-electron chi connectivity index (χ1n) is 6.28. The number of thiophene rings is 1. The van der Waals surface area contributed by atoms with Crippen LogP contribution in [0, 0.1) is 0 Å². The molecule has 1 aliphatic rings. The Morgan fingerprint density at radius 2 is 2.31 bits per heavy atom. The zero-order valence-corrected chi connectivity index (χ0v) is 11.8. The van der Waals surface area contributed by atoms with Crippen molar-refractivity contribution in [1.82, 2.24) is 5.32 Å². The molecule has 90 valence electrons. The molecular weight excluding hydrogens is 234 g/mol. The van der Waals surface area contributed by atoms with E-state index in [-0.39, 0.29) is 0 Å². The van der Waals surface area contributed by atoms with Crippen molar-refractivity contribution < 1.29 is 0 Å². The van der Waals surface area contributed by atoms with Crippen LogP contribution < -0.4 is 5.32 Å². The highest BCUT2D eigenvalue weighted by Gasteiger charge is 2.25. The fraction of sp³-hybridized carbons (Fsp3) is 0.692. The molecule has 0 spiro atoms. The van der Waals surface area contributed by atoms with Crippen LogP contribution in [-0.2, 0) is 0 Å². The van der Waals surface area contributed by atoms with Crippen LogP contribution in [0.25, 0.3) is 0 Å². The molecular formula is C13H21NS2. The molecule has 0 aliphatic carbocycles. The Morgan fingerprint density at radius 3 is 3.12 bits per heavy atom. The summed E-state index contributed by atoms with van der Waals surface area (Å²) in [6.45, 7) is 5.77. The zero-order chi connectivity index (χ0) is 11.4. The Kier molecular flexibility index (Phi) is 4.74. The molecule has 1 nitrogen and oxygen atoms in total. The van der Waals surface area contributed by atoms with E-state index in [2.05, 4.69) is 30.6 Å². The van der Waals surface area contributed by atoms with E-state index in [1.54, 1.807) is 5.56 Å². The maximum absolute atomic E-state index is 3.72. The first kappa shape index (κ1) is 12.5. The van der Waals surface area contributed by atoms with Gasteiger partial charge in [-0.05, 0) is 36.4 Å². The minimum absolute atomic E-state index is 0.606. The van der Waals surface area contributed by atoms with Crippen molar-refractivity contribution >= 4 is 23.1 Å². The normalized spacial score (nSPS) is 24.4. The van der Waals surface area contributed by atoms with Crippen molar-refractivity contribution in [2.75, 3.05) is 6.54 Å². The molecule has 0 bridgehead atoms. The number of hydrogen-bond acceptors (Lipinski definition) is 3. The third kappa shape index (κ3) is 3.02. The Bertz CT molecular complexity index is 321. The number of thioether (sulfide) groups is 1. The molecule has 1 aliphatic heterocycles. The molecule has 2 heterocycles. The SMILES string of the molecule is CCCCCNC1C[C@H](C)Sc2sccc21. The first-order valence-corrected chi connectivity index (χ1v) is 8.04. The molecule has 2 rings (SSSR count). The van der Waals surface area contributed by atoms with Crippen molar-refractivity contribution in [2.45, 2.75) is 55.0 Å². The van der Waals surface area contributed by atoms with Gasteiger partial charge in [0, 0.05) is 11.3 Å². The van der Waals surface area contributed by atoms with E-state index in [0.29, 0.717) is 6.04 Å². The number of nitrogens with one attached hydrogen (secondary N) is 1. The molecule has 0 fully saturated rings. The summed E-state index contributed by atoms with van der Waals surface area (Å²) in [4.78, 5) is 0. The quantitative estimate of drug-likeness (QED) is 0.780. The van der Waals surface area contributed by atoms with Crippen molar-refractivity contribution in [3.05, 3.63) is 17.0 Å². The van der Waals surface area contributed by atoms with Crippen LogP contribution in [0.1, 0.15) is 51.1 Å². The average Bonchev–Trinajstić information content (AvgIpc) is 2.72. The van der Waals surface area contributed by atoms with Crippen molar-refractivity contribution in [2.24, 2.45) is 0 Å². The van der Waals surface area contributed by atoms with Gasteiger partial charge in [-0.2, -0.15) is 0 Å². The summed E-state index contributed by atoms with van der Waals surface area (Å²) in [6.07, 6.45) is 5.25. The minimum atomic E-state index is 0.606. The molecule has 0 amide bonds. The van der Waals surface area contributed by atoms with Crippen LogP contribution in [0.15, 0.2) is 15.7 Å². The fourth-order valence-electron chi connectivity index (χ4n) is 2.19. The number of hydrogen-bond donors (Lipinski definition) is 1. The van der Waals surface area contributed by atoms with Gasteiger partial charge in [0.15, 0.2) is 0 Å². The second-order valence-electron chi connectivity index (χ2n) is 4.54. The smallest absolute Gasteiger partial charge is 0.0649 e. The molecule has 0 aromatic carbocycles. The first-order chi connectivity index (χ1) is 7.81. The van der Waals surface area contributed by atoms with E-state index >= 15 is 0 Å². The molecule has 0 saturated heterocycles. The number of rotatable bonds is 5. The van der Waals surface area contributed by atoms with Gasteiger partial charge in [-0.25, -0.2) is 0 Å². The Balaban J connectivity index is 1.90. The lowest BCUT2D eigenvalue weighted by atomic mass is 10.0. The lowest BCUT2D eigenvalue weighted by molar-refractivity contribution is 0.476. The number of fused-ring (bicyclic) bond motifs is 1. The maximum Gasteiger partial charge on any atom is 0.0649 e. The van der Waals surface area contributed by atoms with Crippen LogP contribution in [0.2, 0.25) is 0 Å². The average molecular weight is 255 g/mol. The van der Waals surface area contributed by atoms with Crippen molar-refractivity contribution in [3.63, 3.8) is 0 Å². The van der Waals surface area contributed by atoms with Crippen LogP contribution in [0.3, 0.4) is 0 Å². The van der Waals surface area contributed by atoms with E-state index < -0.39 is 0 Å². The summed E-state index contributed by atoms with van der Waals surface area (Å²) in [5.74, 6) is 0. The van der Waals surface area contributed by atoms with Crippen LogP contribution >= 0.6 is 23.1 Å². The van der Waals surface area contributed by atoms with Crippen LogP contribution in [0.5, 0.6) is 0 Å². The summed E-state index contributed by atoms with van der Waals surface area (Å²) < 4.78 is 1.53. The summed E-state index contributed by atoms with van der Waals surface area (Å²) in [7, 11) is 0. The molecule has 1 N–H and O–H groups in total. The topological polar surface area (TPSA) is 12.0 Å². The maximum atomic E-state index is 3.72. The molecule has 1 aromatic heterocycles. The van der Waals surface area contributed by atoms with Gasteiger partial charge in [0.05, 0.1) is 4.21 Å². The third-order valence-electron chi connectivity index (χ3n) is 3.08. The van der Waals surface area contributed by atoms with E-state index in [4.69, 9.17) is 0 Å². The predicted octanol–water partition coefficient (Wildman–Crippen LogP) is 4.45. The van der Waals surface area contributed by atoms with Crippen molar-refractivity contribution in [3.8, 4) is 0 Å². The highest BCUT2D eigenvalue weighted by molar-refractivity contribution is 8.01. The fourth-order valence-corrected chi connectivity index (χ4v) is 4.76. The van der Waals surface area contributed by atoms with Gasteiger partial charge in [0.1, 0.15) is 0 Å². The second-order valence-corrected chi connectivity index (χ2v) is 7.16. The largest absolute Gasteiger partial charge is 0.310 e. The standard InChI is InChI=1S/C13H21NS2/c1-3-4-5-7-14-12-9-10(2)16-13-11(12)6-8-15-13/h6,8,10,12,14H,3-5,7,9H2,1-2H3/t10-,12?/m0/s1. The van der Waals surface area contributed by atoms with Gasteiger partial charge in [-0.1, -0.05) is 26.7 Å². The van der Waals surface area contributed by atoms with Gasteiger partial charge in [0.2, 0.25) is 0 Å². The monoisotopic (exact) mass is 255 g/mol. The van der Waals surface area contributed by atoms with Gasteiger partial charge in [-0.15, -0.1) is 23.1 Å². The summed E-state index contributed by atoms with van der Waals surface area (Å²) in [5.41, 5.74) is 1.55. The van der Waals surface area contributed by atoms with E-state index in [0.717, 1.165) is 5.25 Å². The highest BCUT2D eigenvalue weighted by Crippen LogP contribution is 2.43. The summed E-state index contributed by atoms with van der Waals surface area (Å²) >= 11 is 3.94. The second kappa shape index (κ2) is 6.08. The van der Waals surface area contributed by atoms with E-state index in [1.165, 1.54) is 36.4 Å². The Morgan fingerprint density at radius 1 is 1.44 bits per heavy atom. The molecule has 1 aromatic rings. The van der Waals surface area contributed by atoms with Crippen LogP contribution in [0.4, 0.5) is 0 Å². The number of unbranched alkanes of at least 4 members (excludes halogenated alkanes) is 2. The third-order valence-corrected chi connectivity index (χ3v) is 5.42. The molecule has 1 unspecified atom stereocenters. The van der Waals surface area contributed by atoms with Crippen molar-refractivity contribution in [1.29, 1.82) is 0 Å². The summed E-state index contributed by atoms with van der Waals surface area (Å²) in [5, 5.41) is 6.71. The van der Waals surface area contributed by atoms with Gasteiger partial charge in [-0.3, -0.25) is 0 Å². The molecule has 0 saturated carbocycles. The van der Waals surface area contributed by atoms with Gasteiger partial charge in [0.25, 0.3) is 0 Å². The predicted molar refractivity (Wildman–Crippen MR) is 74.5 cm³/mol. The summed E-state index contributed by atoms with van der Waals surface area (Å²) in [6, 6.07) is 2.91. The zero-order valence-electron chi connectivity index (χ0n) is 10.2. The Hall–Kier alpha value is 0.0100. The van der Waals surface area contributed by atoms with Gasteiger partial charge < -0.3 is 5.32 Å². The lowest BCUT2D eigenvalue weighted by Gasteiger charge is -2.27. The highest BCUT2D eigenvalue weighted by atomic mass is 32.2. The van der Waals surface area contributed by atoms with E-state index in [9.17, 15) is 0 Å². The molecule has 16 heavy (non-hydrogen) atoms. The van der Waals surface area contributed by atoms with Crippen LogP contribution in [-0.4, -0.2) is 11.8 Å². The van der Waals surface area contributed by atoms with Gasteiger partial charge >= 0.3 is 0 Å².